The number of nitrogens with zero attached hydrogens (tertiary/aromatic N) is 4. The predicted octanol–water partition coefficient (Wildman–Crippen LogP) is 0.624. The molecular formula is C12H21N5. The molecule has 0 bridgehead atoms. The van der Waals surface area contributed by atoms with E-state index < -0.39 is 0 Å². The molecule has 0 amide bonds. The molecule has 2 aliphatic rings. The monoisotopic (exact) mass is 235 g/mol. The van der Waals surface area contributed by atoms with Crippen molar-refractivity contribution in [2.75, 3.05) is 13.6 Å². The minimum atomic E-state index is 0.651. The highest BCUT2D eigenvalue weighted by atomic mass is 15.3. The van der Waals surface area contributed by atoms with Gasteiger partial charge in [0, 0.05) is 25.2 Å². The summed E-state index contributed by atoms with van der Waals surface area (Å²) in [5.41, 5.74) is 0. The summed E-state index contributed by atoms with van der Waals surface area (Å²) >= 11 is 0. The molecule has 2 heterocycles. The van der Waals surface area contributed by atoms with Gasteiger partial charge in [0.2, 0.25) is 0 Å². The normalized spacial score (nSPS) is 30.2. The second-order valence-electron chi connectivity index (χ2n) is 5.16. The Kier molecular flexibility index (Phi) is 3.11. The molecule has 0 saturated heterocycles. The number of fused-ring (bicyclic) bond motifs is 1. The van der Waals surface area contributed by atoms with E-state index in [1.165, 1.54) is 25.7 Å². The summed E-state index contributed by atoms with van der Waals surface area (Å²) in [7, 11) is 2.09. The molecule has 2 atom stereocenters. The van der Waals surface area contributed by atoms with Crippen LogP contribution in [0.15, 0.2) is 6.33 Å². The van der Waals surface area contributed by atoms with E-state index in [1.54, 1.807) is 0 Å². The van der Waals surface area contributed by atoms with Gasteiger partial charge >= 0.3 is 0 Å². The number of nitrogens with one attached hydrogen (secondary N) is 1. The molecule has 1 aromatic heterocycles. The Balaban J connectivity index is 1.72. The molecule has 5 heteroatoms. The first-order chi connectivity index (χ1) is 8.38. The van der Waals surface area contributed by atoms with Crippen molar-refractivity contribution in [1.29, 1.82) is 0 Å². The number of likely N-dealkylation sites (N-methyl/N-ethyl adjacent to an activating group) is 1. The lowest BCUT2D eigenvalue weighted by Crippen LogP contribution is -2.52. The van der Waals surface area contributed by atoms with E-state index in [0.29, 0.717) is 12.1 Å². The standard InChI is InChI=1S/C12H21N5/c1-13-10-4-2-3-5-11(10)16-6-7-17-9-14-15-12(17)8-16/h9-11,13H,2-8H2,1H3. The van der Waals surface area contributed by atoms with E-state index in [9.17, 15) is 0 Å². The largest absolute Gasteiger partial charge is 0.315 e. The van der Waals surface area contributed by atoms with Crippen LogP contribution < -0.4 is 5.32 Å². The van der Waals surface area contributed by atoms with Gasteiger partial charge in [-0.05, 0) is 19.9 Å². The van der Waals surface area contributed by atoms with Crippen LogP contribution in [0.4, 0.5) is 0 Å². The molecular weight excluding hydrogens is 214 g/mol. The van der Waals surface area contributed by atoms with E-state index in [4.69, 9.17) is 0 Å². The average molecular weight is 235 g/mol. The third-order valence-electron chi connectivity index (χ3n) is 4.24. The molecule has 3 rings (SSSR count). The lowest BCUT2D eigenvalue weighted by atomic mass is 9.89. The second kappa shape index (κ2) is 4.74. The zero-order valence-electron chi connectivity index (χ0n) is 10.5. The SMILES string of the molecule is CNC1CCCCC1N1CCn2cnnc2C1. The van der Waals surface area contributed by atoms with Crippen LogP contribution in [0.25, 0.3) is 0 Å². The summed E-state index contributed by atoms with van der Waals surface area (Å²) in [4.78, 5) is 2.59. The predicted molar refractivity (Wildman–Crippen MR) is 65.5 cm³/mol. The Bertz CT molecular complexity index is 375. The third-order valence-corrected chi connectivity index (χ3v) is 4.24. The molecule has 0 aromatic carbocycles. The molecule has 1 aromatic rings. The molecule has 1 saturated carbocycles. The van der Waals surface area contributed by atoms with Crippen molar-refractivity contribution in [3.63, 3.8) is 0 Å². The fraction of sp³-hybridized carbons (Fsp3) is 0.833. The van der Waals surface area contributed by atoms with Gasteiger partial charge in [0.25, 0.3) is 0 Å². The fourth-order valence-electron chi connectivity index (χ4n) is 3.25. The van der Waals surface area contributed by atoms with Crippen LogP contribution in [0.5, 0.6) is 0 Å². The molecule has 5 nitrogen and oxygen atoms in total. The Hall–Kier alpha value is -0.940. The smallest absolute Gasteiger partial charge is 0.147 e. The first kappa shape index (κ1) is 11.2. The molecule has 94 valence electrons. The van der Waals surface area contributed by atoms with Gasteiger partial charge in [0.1, 0.15) is 12.2 Å². The van der Waals surface area contributed by atoms with E-state index in [0.717, 1.165) is 25.5 Å². The van der Waals surface area contributed by atoms with Crippen molar-refractivity contribution in [3.8, 4) is 0 Å². The Labute approximate surface area is 102 Å². The maximum atomic E-state index is 4.20. The van der Waals surface area contributed by atoms with Crippen LogP contribution in [0.3, 0.4) is 0 Å². The molecule has 1 aliphatic heterocycles. The van der Waals surface area contributed by atoms with Crippen molar-refractivity contribution in [2.45, 2.75) is 50.9 Å². The summed E-state index contributed by atoms with van der Waals surface area (Å²) in [5, 5.41) is 11.7. The van der Waals surface area contributed by atoms with Crippen LogP contribution in [0.2, 0.25) is 0 Å². The fourth-order valence-corrected chi connectivity index (χ4v) is 3.25. The first-order valence-electron chi connectivity index (χ1n) is 6.66. The topological polar surface area (TPSA) is 46.0 Å². The van der Waals surface area contributed by atoms with Crippen molar-refractivity contribution in [1.82, 2.24) is 25.0 Å². The van der Waals surface area contributed by atoms with Gasteiger partial charge in [-0.1, -0.05) is 12.8 Å². The quantitative estimate of drug-likeness (QED) is 0.816. The molecule has 0 radical (unpaired) electrons. The van der Waals surface area contributed by atoms with Crippen molar-refractivity contribution in [2.24, 2.45) is 0 Å². The maximum Gasteiger partial charge on any atom is 0.147 e. The number of rotatable bonds is 2. The third kappa shape index (κ3) is 2.09. The maximum absolute atomic E-state index is 4.20. The Morgan fingerprint density at radius 2 is 2.18 bits per heavy atom. The highest BCUT2D eigenvalue weighted by Crippen LogP contribution is 2.25. The van der Waals surface area contributed by atoms with Crippen LogP contribution in [-0.2, 0) is 13.1 Å². The zero-order chi connectivity index (χ0) is 11.7. The molecule has 17 heavy (non-hydrogen) atoms. The highest BCUT2D eigenvalue weighted by molar-refractivity contribution is 4.95. The molecule has 1 aliphatic carbocycles. The van der Waals surface area contributed by atoms with Crippen LogP contribution in [-0.4, -0.2) is 45.3 Å². The van der Waals surface area contributed by atoms with Gasteiger partial charge in [-0.3, -0.25) is 4.90 Å². The summed E-state index contributed by atoms with van der Waals surface area (Å²) in [5.74, 6) is 1.12. The number of hydrogen-bond donors (Lipinski definition) is 1. The highest BCUT2D eigenvalue weighted by Gasteiger charge is 2.31. The summed E-state index contributed by atoms with van der Waals surface area (Å²) in [6.07, 6.45) is 7.21. The second-order valence-corrected chi connectivity index (χ2v) is 5.16. The van der Waals surface area contributed by atoms with Gasteiger partial charge < -0.3 is 9.88 Å². The summed E-state index contributed by atoms with van der Waals surface area (Å²) < 4.78 is 2.17. The van der Waals surface area contributed by atoms with Crippen molar-refractivity contribution in [3.05, 3.63) is 12.2 Å². The number of hydrogen-bond acceptors (Lipinski definition) is 4. The van der Waals surface area contributed by atoms with E-state index in [1.807, 2.05) is 6.33 Å². The van der Waals surface area contributed by atoms with Crippen LogP contribution in [0, 0.1) is 0 Å². The van der Waals surface area contributed by atoms with Crippen LogP contribution >= 0.6 is 0 Å². The zero-order valence-corrected chi connectivity index (χ0v) is 10.5. The number of aromatic nitrogens is 3. The van der Waals surface area contributed by atoms with Gasteiger partial charge in [-0.2, -0.15) is 0 Å². The van der Waals surface area contributed by atoms with Gasteiger partial charge in [0.15, 0.2) is 0 Å². The van der Waals surface area contributed by atoms with Crippen LogP contribution in [0.1, 0.15) is 31.5 Å². The molecule has 0 spiro atoms. The first-order valence-corrected chi connectivity index (χ1v) is 6.66. The minimum Gasteiger partial charge on any atom is -0.315 e. The lowest BCUT2D eigenvalue weighted by Gasteiger charge is -2.41. The van der Waals surface area contributed by atoms with Gasteiger partial charge in [-0.25, -0.2) is 0 Å². The lowest BCUT2D eigenvalue weighted by molar-refractivity contribution is 0.0956. The molecule has 1 fully saturated rings. The van der Waals surface area contributed by atoms with Crippen molar-refractivity contribution >= 4 is 0 Å². The summed E-state index contributed by atoms with van der Waals surface area (Å²) in [6.45, 7) is 3.13. The Morgan fingerprint density at radius 1 is 1.29 bits per heavy atom. The van der Waals surface area contributed by atoms with E-state index in [2.05, 4.69) is 32.0 Å². The Morgan fingerprint density at radius 3 is 3.06 bits per heavy atom. The minimum absolute atomic E-state index is 0.651. The molecule has 1 N–H and O–H groups in total. The summed E-state index contributed by atoms with van der Waals surface area (Å²) in [6, 6.07) is 1.33. The van der Waals surface area contributed by atoms with E-state index in [-0.39, 0.29) is 0 Å². The van der Waals surface area contributed by atoms with E-state index >= 15 is 0 Å². The molecule has 2 unspecified atom stereocenters. The average Bonchev–Trinajstić information content (AvgIpc) is 2.85. The van der Waals surface area contributed by atoms with Crippen molar-refractivity contribution < 1.29 is 0 Å². The van der Waals surface area contributed by atoms with Gasteiger partial charge in [-0.15, -0.1) is 10.2 Å². The van der Waals surface area contributed by atoms with Gasteiger partial charge in [0.05, 0.1) is 6.54 Å².